The summed E-state index contributed by atoms with van der Waals surface area (Å²) in [6.45, 7) is 12.2. The number of hydrogen-bond donors (Lipinski definition) is 0. The number of ether oxygens (including phenoxy) is 2. The Morgan fingerprint density at radius 1 is 1.09 bits per heavy atom. The maximum atomic E-state index is 6.66. The van der Waals surface area contributed by atoms with Crippen molar-refractivity contribution in [3.8, 4) is 0 Å². The zero-order valence-corrected chi connectivity index (χ0v) is 14.9. The summed E-state index contributed by atoms with van der Waals surface area (Å²) in [5, 5.41) is 0. The minimum absolute atomic E-state index is 0.0437. The standard InChI is InChI=1S/C20H32O2/c1-12(2)14-8-9-17(4)11-20-18(5)16(21-18)10-19(20,22-20)13(3)6-7-15(14)17/h12-16H,6-11H2,1-5H3/t13-,14+,15-,16+,17+,18+,19+,20+/m0/s1. The van der Waals surface area contributed by atoms with Crippen LogP contribution in [-0.4, -0.2) is 22.9 Å². The molecule has 2 heteroatoms. The average Bonchev–Trinajstić information content (AvgIpc) is 3.22. The molecule has 124 valence electrons. The van der Waals surface area contributed by atoms with Gasteiger partial charge in [0.2, 0.25) is 0 Å². The summed E-state index contributed by atoms with van der Waals surface area (Å²) in [5.74, 6) is 3.35. The fourth-order valence-electron chi connectivity index (χ4n) is 7.41. The molecule has 2 saturated heterocycles. The summed E-state index contributed by atoms with van der Waals surface area (Å²) < 4.78 is 12.8. The Hall–Kier alpha value is -0.0800. The normalized spacial score (nSPS) is 65.2. The molecule has 2 heterocycles. The van der Waals surface area contributed by atoms with E-state index < -0.39 is 0 Å². The highest BCUT2D eigenvalue weighted by Gasteiger charge is 2.93. The molecule has 8 atom stereocenters. The molecule has 2 nitrogen and oxygen atoms in total. The van der Waals surface area contributed by atoms with Crippen molar-refractivity contribution in [3.63, 3.8) is 0 Å². The molecule has 5 fully saturated rings. The van der Waals surface area contributed by atoms with Crippen molar-refractivity contribution in [2.75, 3.05) is 0 Å². The first-order valence-corrected chi connectivity index (χ1v) is 9.66. The van der Waals surface area contributed by atoms with Gasteiger partial charge in [0.05, 0.1) is 6.10 Å². The molecular weight excluding hydrogens is 272 g/mol. The highest BCUT2D eigenvalue weighted by atomic mass is 16.7. The number of epoxide rings is 2. The van der Waals surface area contributed by atoms with Gasteiger partial charge in [0.1, 0.15) is 16.8 Å². The number of rotatable bonds is 1. The third kappa shape index (κ3) is 1.34. The quantitative estimate of drug-likeness (QED) is 0.663. The highest BCUT2D eigenvalue weighted by molar-refractivity contribution is 5.40. The van der Waals surface area contributed by atoms with Crippen LogP contribution in [0.1, 0.15) is 73.1 Å². The molecule has 22 heavy (non-hydrogen) atoms. The molecule has 0 amide bonds. The van der Waals surface area contributed by atoms with Gasteiger partial charge >= 0.3 is 0 Å². The predicted octanol–water partition coefficient (Wildman–Crippen LogP) is 4.56. The second-order valence-corrected chi connectivity index (χ2v) is 10.1. The zero-order valence-electron chi connectivity index (χ0n) is 14.9. The van der Waals surface area contributed by atoms with Gasteiger partial charge in [-0.2, -0.15) is 0 Å². The van der Waals surface area contributed by atoms with Crippen LogP contribution in [0.15, 0.2) is 0 Å². The van der Waals surface area contributed by atoms with Gasteiger partial charge in [0.25, 0.3) is 0 Å². The lowest BCUT2D eigenvalue weighted by atomic mass is 9.61. The Labute approximate surface area is 135 Å². The summed E-state index contributed by atoms with van der Waals surface area (Å²) >= 11 is 0. The number of fused-ring (bicyclic) bond motifs is 2. The summed E-state index contributed by atoms with van der Waals surface area (Å²) in [5.41, 5.74) is 0.751. The first-order chi connectivity index (χ1) is 10.3. The van der Waals surface area contributed by atoms with E-state index in [1.807, 2.05) is 0 Å². The molecule has 2 aliphatic heterocycles. The van der Waals surface area contributed by atoms with Gasteiger partial charge < -0.3 is 9.47 Å². The third-order valence-corrected chi connectivity index (χ3v) is 8.91. The lowest BCUT2D eigenvalue weighted by molar-refractivity contribution is 0.0605. The Kier molecular flexibility index (Phi) is 2.45. The SMILES string of the molecule is CC(C)[C@H]1CC[C@]2(C)C[C@]34O[C@]3(C[C@H]3O[C@]34C)[C@@H](C)CC[C@@H]12. The van der Waals surface area contributed by atoms with Crippen LogP contribution in [0.3, 0.4) is 0 Å². The van der Waals surface area contributed by atoms with E-state index in [-0.39, 0.29) is 16.8 Å². The maximum absolute atomic E-state index is 6.66. The maximum Gasteiger partial charge on any atom is 0.130 e. The van der Waals surface area contributed by atoms with Crippen molar-refractivity contribution in [2.45, 2.75) is 96.1 Å². The molecule has 3 saturated carbocycles. The van der Waals surface area contributed by atoms with Crippen molar-refractivity contribution < 1.29 is 9.47 Å². The molecule has 0 aromatic heterocycles. The van der Waals surface area contributed by atoms with E-state index in [2.05, 4.69) is 34.6 Å². The average molecular weight is 304 g/mol. The molecule has 0 spiro atoms. The first-order valence-electron chi connectivity index (χ1n) is 9.66. The first kappa shape index (κ1) is 14.3. The third-order valence-electron chi connectivity index (χ3n) is 8.91. The minimum atomic E-state index is 0.0437. The van der Waals surface area contributed by atoms with Crippen LogP contribution in [0.25, 0.3) is 0 Å². The van der Waals surface area contributed by atoms with E-state index in [1.165, 1.54) is 38.5 Å². The van der Waals surface area contributed by atoms with Gasteiger partial charge in [-0.05, 0) is 68.1 Å². The second-order valence-electron chi connectivity index (χ2n) is 10.1. The van der Waals surface area contributed by atoms with Crippen LogP contribution >= 0.6 is 0 Å². The van der Waals surface area contributed by atoms with Crippen molar-refractivity contribution in [2.24, 2.45) is 29.1 Å². The smallest absolute Gasteiger partial charge is 0.130 e. The number of hydrogen-bond acceptors (Lipinski definition) is 2. The van der Waals surface area contributed by atoms with Crippen LogP contribution in [-0.2, 0) is 9.47 Å². The molecular formula is C20H32O2. The summed E-state index contributed by atoms with van der Waals surface area (Å²) in [6.07, 6.45) is 8.52. The van der Waals surface area contributed by atoms with Crippen LogP contribution in [0, 0.1) is 29.1 Å². The van der Waals surface area contributed by atoms with Crippen molar-refractivity contribution in [3.05, 3.63) is 0 Å². The van der Waals surface area contributed by atoms with Crippen LogP contribution < -0.4 is 0 Å². The van der Waals surface area contributed by atoms with Gasteiger partial charge in [-0.25, -0.2) is 0 Å². The summed E-state index contributed by atoms with van der Waals surface area (Å²) in [7, 11) is 0. The lowest BCUT2D eigenvalue weighted by Crippen LogP contribution is -2.45. The van der Waals surface area contributed by atoms with Crippen LogP contribution in [0.5, 0.6) is 0 Å². The van der Waals surface area contributed by atoms with Gasteiger partial charge in [0, 0.05) is 6.42 Å². The molecule has 0 unspecified atom stereocenters. The van der Waals surface area contributed by atoms with E-state index >= 15 is 0 Å². The van der Waals surface area contributed by atoms with E-state index in [0.717, 1.165) is 17.8 Å². The molecule has 0 radical (unpaired) electrons. The largest absolute Gasteiger partial charge is 0.363 e. The van der Waals surface area contributed by atoms with E-state index in [9.17, 15) is 0 Å². The Bertz CT molecular complexity index is 530. The van der Waals surface area contributed by atoms with Crippen LogP contribution in [0.2, 0.25) is 0 Å². The van der Waals surface area contributed by atoms with E-state index in [4.69, 9.17) is 9.47 Å². The van der Waals surface area contributed by atoms with E-state index in [0.29, 0.717) is 17.4 Å². The van der Waals surface area contributed by atoms with Gasteiger partial charge in [-0.15, -0.1) is 0 Å². The highest BCUT2D eigenvalue weighted by Crippen LogP contribution is 2.80. The Morgan fingerprint density at radius 2 is 1.86 bits per heavy atom. The Morgan fingerprint density at radius 3 is 2.59 bits per heavy atom. The van der Waals surface area contributed by atoms with Crippen LogP contribution in [0.4, 0.5) is 0 Å². The van der Waals surface area contributed by atoms with Crippen molar-refractivity contribution >= 4 is 0 Å². The minimum Gasteiger partial charge on any atom is -0.363 e. The monoisotopic (exact) mass is 304 g/mol. The predicted molar refractivity (Wildman–Crippen MR) is 86.6 cm³/mol. The molecule has 5 aliphatic rings. The molecule has 0 aromatic rings. The van der Waals surface area contributed by atoms with E-state index in [1.54, 1.807) is 0 Å². The molecule has 3 aliphatic carbocycles. The molecule has 0 bridgehead atoms. The lowest BCUT2D eigenvalue weighted by Gasteiger charge is -2.41. The van der Waals surface area contributed by atoms with Gasteiger partial charge in [-0.3, -0.25) is 0 Å². The van der Waals surface area contributed by atoms with Gasteiger partial charge in [0.15, 0.2) is 0 Å². The summed E-state index contributed by atoms with van der Waals surface area (Å²) in [4.78, 5) is 0. The van der Waals surface area contributed by atoms with Gasteiger partial charge in [-0.1, -0.05) is 27.7 Å². The molecule has 5 rings (SSSR count). The van der Waals surface area contributed by atoms with Crippen molar-refractivity contribution in [1.82, 2.24) is 0 Å². The fraction of sp³-hybridized carbons (Fsp3) is 1.00. The van der Waals surface area contributed by atoms with Crippen molar-refractivity contribution in [1.29, 1.82) is 0 Å². The molecule has 0 N–H and O–H groups in total. The summed E-state index contributed by atoms with van der Waals surface area (Å²) in [6, 6.07) is 0. The topological polar surface area (TPSA) is 25.1 Å². The molecule has 0 aromatic carbocycles. The fourth-order valence-corrected chi connectivity index (χ4v) is 7.41. The Balaban J connectivity index is 1.54. The zero-order chi connectivity index (χ0) is 15.5. The second kappa shape index (κ2) is 3.77.